The number of pyridine rings is 1. The summed E-state index contributed by atoms with van der Waals surface area (Å²) in [6.45, 7) is 4.71. The maximum Gasteiger partial charge on any atom is 0.254 e. The second-order valence-electron chi connectivity index (χ2n) is 7.67. The van der Waals surface area contributed by atoms with Crippen molar-refractivity contribution >= 4 is 21.4 Å². The number of aryl methyl sites for hydroxylation is 1. The zero-order valence-corrected chi connectivity index (χ0v) is 17.9. The molecule has 4 rings (SSSR count). The summed E-state index contributed by atoms with van der Waals surface area (Å²) in [5, 5.41) is 0. The molecule has 1 aromatic carbocycles. The topological polar surface area (TPSA) is 81.0 Å². The Morgan fingerprint density at radius 1 is 1.20 bits per heavy atom. The van der Waals surface area contributed by atoms with Crippen molar-refractivity contribution in [3.05, 3.63) is 65.6 Å². The average molecular weight is 428 g/mol. The third kappa shape index (κ3) is 4.33. The summed E-state index contributed by atoms with van der Waals surface area (Å²) in [5.74, 6) is 0.691. The summed E-state index contributed by atoms with van der Waals surface area (Å²) >= 11 is 0. The zero-order chi connectivity index (χ0) is 21.3. The average Bonchev–Trinajstić information content (AvgIpc) is 3.29. The van der Waals surface area contributed by atoms with Gasteiger partial charge in [0.1, 0.15) is 18.0 Å². The fraction of sp³-hybridized carbons (Fsp3) is 0.364. The van der Waals surface area contributed by atoms with E-state index < -0.39 is 9.84 Å². The van der Waals surface area contributed by atoms with Crippen molar-refractivity contribution in [2.45, 2.75) is 32.9 Å². The third-order valence-electron chi connectivity index (χ3n) is 5.39. The fourth-order valence-corrected chi connectivity index (χ4v) is 5.56. The molecule has 1 amide bonds. The summed E-state index contributed by atoms with van der Waals surface area (Å²) in [5.41, 5.74) is 3.37. The van der Waals surface area contributed by atoms with Crippen LogP contribution in [-0.2, 0) is 16.4 Å². The van der Waals surface area contributed by atoms with Gasteiger partial charge in [0, 0.05) is 30.5 Å². The minimum Gasteiger partial charge on any atom is -0.487 e. The van der Waals surface area contributed by atoms with Crippen LogP contribution < -0.4 is 4.74 Å². The lowest BCUT2D eigenvalue weighted by Crippen LogP contribution is -2.40. The second-order valence-corrected chi connectivity index (χ2v) is 9.89. The van der Waals surface area contributed by atoms with Crippen molar-refractivity contribution in [1.29, 1.82) is 0 Å². The largest absolute Gasteiger partial charge is 0.487 e. The minimum atomic E-state index is -3.04. The SMILES string of the molecule is CCN(C(=O)c1ccc(OCc2cn3cc(C)ccc3n2)cc1)C1CCS(=O)(=O)C1. The summed E-state index contributed by atoms with van der Waals surface area (Å²) < 4.78 is 31.3. The molecule has 7 nitrogen and oxygen atoms in total. The Labute approximate surface area is 176 Å². The molecule has 0 radical (unpaired) electrons. The number of fused-ring (bicyclic) bond motifs is 1. The number of carbonyl (C=O) groups excluding carboxylic acids is 1. The Morgan fingerprint density at radius 2 is 1.97 bits per heavy atom. The van der Waals surface area contributed by atoms with Gasteiger partial charge in [-0.1, -0.05) is 6.07 Å². The van der Waals surface area contributed by atoms with E-state index >= 15 is 0 Å². The Morgan fingerprint density at radius 3 is 2.63 bits per heavy atom. The zero-order valence-electron chi connectivity index (χ0n) is 17.1. The van der Waals surface area contributed by atoms with E-state index in [2.05, 4.69) is 4.98 Å². The van der Waals surface area contributed by atoms with E-state index in [1.807, 2.05) is 42.8 Å². The van der Waals surface area contributed by atoms with Gasteiger partial charge in [0.25, 0.3) is 5.91 Å². The lowest BCUT2D eigenvalue weighted by Gasteiger charge is -2.27. The molecule has 1 saturated heterocycles. The Kier molecular flexibility index (Phi) is 5.51. The van der Waals surface area contributed by atoms with Crippen molar-refractivity contribution in [1.82, 2.24) is 14.3 Å². The number of nitrogens with zero attached hydrogens (tertiary/aromatic N) is 3. The summed E-state index contributed by atoms with van der Waals surface area (Å²) in [6.07, 6.45) is 4.46. The van der Waals surface area contributed by atoms with Gasteiger partial charge in [0.05, 0.1) is 17.2 Å². The van der Waals surface area contributed by atoms with Crippen LogP contribution in [0.1, 0.15) is 35.0 Å². The van der Waals surface area contributed by atoms with Crippen LogP contribution in [0.5, 0.6) is 5.75 Å². The molecule has 8 heteroatoms. The van der Waals surface area contributed by atoms with Gasteiger partial charge in [-0.05, 0) is 56.2 Å². The molecule has 3 heterocycles. The number of imidazole rings is 1. The minimum absolute atomic E-state index is 0.0479. The molecule has 0 aliphatic carbocycles. The molecule has 0 saturated carbocycles. The summed E-state index contributed by atoms with van der Waals surface area (Å²) in [4.78, 5) is 19.1. The number of ether oxygens (including phenoxy) is 1. The highest BCUT2D eigenvalue weighted by Crippen LogP contribution is 2.21. The molecule has 0 bridgehead atoms. The quantitative estimate of drug-likeness (QED) is 0.604. The molecule has 0 spiro atoms. The Hall–Kier alpha value is -2.87. The van der Waals surface area contributed by atoms with E-state index in [1.165, 1.54) is 0 Å². The number of sulfone groups is 1. The van der Waals surface area contributed by atoms with Crippen LogP contribution in [0.15, 0.2) is 48.8 Å². The van der Waals surface area contributed by atoms with Crippen molar-refractivity contribution in [3.63, 3.8) is 0 Å². The molecule has 1 unspecified atom stereocenters. The first kappa shape index (κ1) is 20.4. The number of rotatable bonds is 6. The van der Waals surface area contributed by atoms with Gasteiger partial charge in [-0.15, -0.1) is 0 Å². The molecular formula is C22H25N3O4S. The van der Waals surface area contributed by atoms with Gasteiger partial charge in [0.15, 0.2) is 9.84 Å². The fourth-order valence-electron chi connectivity index (χ4n) is 3.83. The van der Waals surface area contributed by atoms with E-state index in [0.717, 1.165) is 16.9 Å². The summed E-state index contributed by atoms with van der Waals surface area (Å²) in [6, 6.07) is 10.7. The van der Waals surface area contributed by atoms with E-state index in [4.69, 9.17) is 4.74 Å². The van der Waals surface area contributed by atoms with Crippen LogP contribution in [-0.4, -0.2) is 52.7 Å². The van der Waals surface area contributed by atoms with Crippen molar-refractivity contribution in [2.24, 2.45) is 0 Å². The van der Waals surface area contributed by atoms with Crippen LogP contribution in [0.3, 0.4) is 0 Å². The lowest BCUT2D eigenvalue weighted by atomic mass is 10.1. The van der Waals surface area contributed by atoms with Gasteiger partial charge in [-0.2, -0.15) is 0 Å². The van der Waals surface area contributed by atoms with Crippen LogP contribution >= 0.6 is 0 Å². The standard InChI is InChI=1S/C22H25N3O4S/c1-3-25(19-10-11-30(27,28)15-19)22(26)17-5-7-20(8-6-17)29-14-18-13-24-12-16(2)4-9-21(24)23-18/h4-9,12-13,19H,3,10-11,14-15H2,1-2H3. The number of benzene rings is 1. The van der Waals surface area contributed by atoms with Crippen LogP contribution in [0.2, 0.25) is 0 Å². The Balaban J connectivity index is 1.41. The number of aromatic nitrogens is 2. The molecular weight excluding hydrogens is 402 g/mol. The second kappa shape index (κ2) is 8.10. The molecule has 0 N–H and O–H groups in total. The first-order valence-electron chi connectivity index (χ1n) is 10.0. The monoisotopic (exact) mass is 427 g/mol. The maximum absolute atomic E-state index is 12.9. The number of carbonyl (C=O) groups is 1. The normalized spacial score (nSPS) is 17.9. The summed E-state index contributed by atoms with van der Waals surface area (Å²) in [7, 11) is -3.04. The molecule has 158 valence electrons. The van der Waals surface area contributed by atoms with Crippen LogP contribution in [0.25, 0.3) is 5.65 Å². The number of hydrogen-bond donors (Lipinski definition) is 0. The lowest BCUT2D eigenvalue weighted by molar-refractivity contribution is 0.0708. The predicted octanol–water partition coefficient (Wildman–Crippen LogP) is 2.87. The molecule has 1 fully saturated rings. The van der Waals surface area contributed by atoms with Crippen molar-refractivity contribution in [3.8, 4) is 5.75 Å². The first-order chi connectivity index (χ1) is 14.3. The molecule has 1 aliphatic rings. The maximum atomic E-state index is 12.9. The van der Waals surface area contributed by atoms with Gasteiger partial charge < -0.3 is 14.0 Å². The van der Waals surface area contributed by atoms with Crippen LogP contribution in [0.4, 0.5) is 0 Å². The van der Waals surface area contributed by atoms with Gasteiger partial charge in [0.2, 0.25) is 0 Å². The van der Waals surface area contributed by atoms with Crippen molar-refractivity contribution in [2.75, 3.05) is 18.1 Å². The first-order valence-corrected chi connectivity index (χ1v) is 11.9. The van der Waals surface area contributed by atoms with Crippen molar-refractivity contribution < 1.29 is 17.9 Å². The highest BCUT2D eigenvalue weighted by Gasteiger charge is 2.34. The van der Waals surface area contributed by atoms with E-state index in [0.29, 0.717) is 30.9 Å². The molecule has 1 atom stereocenters. The number of amides is 1. The van der Waals surface area contributed by atoms with Gasteiger partial charge in [-0.25, -0.2) is 13.4 Å². The highest BCUT2D eigenvalue weighted by molar-refractivity contribution is 7.91. The van der Waals surface area contributed by atoms with Gasteiger partial charge >= 0.3 is 0 Å². The smallest absolute Gasteiger partial charge is 0.254 e. The molecule has 1 aliphatic heterocycles. The van der Waals surface area contributed by atoms with Gasteiger partial charge in [-0.3, -0.25) is 4.79 Å². The molecule has 2 aromatic heterocycles. The third-order valence-corrected chi connectivity index (χ3v) is 7.14. The Bertz CT molecular complexity index is 1170. The van der Waals surface area contributed by atoms with Crippen LogP contribution in [0, 0.1) is 6.92 Å². The van der Waals surface area contributed by atoms with E-state index in [9.17, 15) is 13.2 Å². The van der Waals surface area contributed by atoms with E-state index in [-0.39, 0.29) is 23.5 Å². The molecule has 3 aromatic rings. The van der Waals surface area contributed by atoms with E-state index in [1.54, 1.807) is 29.2 Å². The highest BCUT2D eigenvalue weighted by atomic mass is 32.2. The predicted molar refractivity (Wildman–Crippen MR) is 114 cm³/mol. The molecule has 30 heavy (non-hydrogen) atoms. The number of hydrogen-bond acceptors (Lipinski definition) is 5.